The first-order chi connectivity index (χ1) is 6.00. The van der Waals surface area contributed by atoms with Gasteiger partial charge in [0.1, 0.15) is 0 Å². The monoisotopic (exact) mass is 280 g/mol. The van der Waals surface area contributed by atoms with Crippen molar-refractivity contribution in [2.24, 2.45) is 0 Å². The van der Waals surface area contributed by atoms with Crippen molar-refractivity contribution in [2.45, 2.75) is 0 Å². The van der Waals surface area contributed by atoms with E-state index in [2.05, 4.69) is 0 Å². The molecule has 0 unspecified atom stereocenters. The van der Waals surface area contributed by atoms with Crippen molar-refractivity contribution in [3.63, 3.8) is 0 Å². The smallest absolute Gasteiger partial charge is 1.00 e. The Morgan fingerprint density at radius 1 is 0.750 bits per heavy atom. The molecule has 0 amide bonds. The molecule has 0 aliphatic heterocycles. The zero-order valence-corrected chi connectivity index (χ0v) is 8.27. The molecular weight excluding hydrogens is 276 g/mol. The Hall–Kier alpha value is 0.277. The summed E-state index contributed by atoms with van der Waals surface area (Å²) in [6.45, 7) is 0. The fourth-order valence-electron chi connectivity index (χ4n) is 0. The standard InChI is InChI=1S/2BF4.Li.H3O4P.H/c2*2-1(3,4)5;;1-5(2,3)4;/h;;;(H3,1,2,3,4);/q2*-1;+1;;-1. The Bertz CT molecular complexity index is 168. The van der Waals surface area contributed by atoms with Gasteiger partial charge in [0.25, 0.3) is 0 Å². The van der Waals surface area contributed by atoms with Gasteiger partial charge in [-0.1, -0.05) is 0 Å². The molecule has 0 fully saturated rings. The van der Waals surface area contributed by atoms with Crippen molar-refractivity contribution in [2.75, 3.05) is 0 Å². The minimum Gasteiger partial charge on any atom is -1.00 e. The van der Waals surface area contributed by atoms with Crippen molar-refractivity contribution in [3.05, 3.63) is 0 Å². The third kappa shape index (κ3) is 32700. The van der Waals surface area contributed by atoms with Crippen molar-refractivity contribution < 1.29 is 74.1 Å². The summed E-state index contributed by atoms with van der Waals surface area (Å²) in [7, 11) is -16.6. The number of halogens is 8. The second-order valence-electron chi connectivity index (χ2n) is 1.50. The zero-order valence-electron chi connectivity index (χ0n) is 8.38. The normalized spacial score (nSPS) is 11.2. The average Bonchev–Trinajstić information content (AvgIpc) is 1.41. The summed E-state index contributed by atoms with van der Waals surface area (Å²) in [5, 5.41) is 0. The van der Waals surface area contributed by atoms with Crippen LogP contribution in [-0.2, 0) is 4.57 Å². The van der Waals surface area contributed by atoms with E-state index in [1.54, 1.807) is 0 Å². The van der Waals surface area contributed by atoms with Crippen molar-refractivity contribution in [1.29, 1.82) is 0 Å². The Balaban J connectivity index is -0.0000000400. The molecule has 0 atom stereocenters. The molecule has 3 N–H and O–H groups in total. The predicted octanol–water partition coefficient (Wildman–Crippen LogP) is -1.21. The topological polar surface area (TPSA) is 77.8 Å². The van der Waals surface area contributed by atoms with Crippen LogP contribution in [0.1, 0.15) is 1.43 Å². The molecule has 0 aromatic heterocycles. The molecule has 0 aromatic carbocycles. The van der Waals surface area contributed by atoms with E-state index in [9.17, 15) is 34.5 Å². The van der Waals surface area contributed by atoms with Gasteiger partial charge in [-0.05, 0) is 0 Å². The zero-order chi connectivity index (χ0) is 13.5. The molecule has 0 aliphatic carbocycles. The fraction of sp³-hybridized carbons (Fsp3) is 0. The maximum atomic E-state index is 9.75. The largest absolute Gasteiger partial charge is 1.00 e. The first kappa shape index (κ1) is 25.2. The maximum Gasteiger partial charge on any atom is 1.00 e. The Morgan fingerprint density at radius 2 is 0.750 bits per heavy atom. The van der Waals surface area contributed by atoms with E-state index in [4.69, 9.17) is 19.2 Å². The van der Waals surface area contributed by atoms with Gasteiger partial charge in [0.05, 0.1) is 0 Å². The Morgan fingerprint density at radius 3 is 0.750 bits per heavy atom. The average molecular weight is 280 g/mol. The van der Waals surface area contributed by atoms with E-state index in [0.29, 0.717) is 0 Å². The minimum atomic E-state index is -6.00. The van der Waals surface area contributed by atoms with E-state index in [-0.39, 0.29) is 20.3 Å². The third-order valence-corrected chi connectivity index (χ3v) is 0. The quantitative estimate of drug-likeness (QED) is 0.295. The van der Waals surface area contributed by atoms with Crippen LogP contribution in [0.15, 0.2) is 0 Å². The van der Waals surface area contributed by atoms with Crippen molar-refractivity contribution in [1.82, 2.24) is 0 Å². The molecule has 0 aliphatic rings. The molecule has 0 radical (unpaired) electrons. The number of hydrogen-bond donors (Lipinski definition) is 3. The van der Waals surface area contributed by atoms with E-state index >= 15 is 0 Å². The van der Waals surface area contributed by atoms with Crippen LogP contribution < -0.4 is 18.9 Å². The van der Waals surface area contributed by atoms with Gasteiger partial charge in [0, 0.05) is 0 Å². The van der Waals surface area contributed by atoms with Gasteiger partial charge in [0.15, 0.2) is 0 Å². The second-order valence-corrected chi connectivity index (χ2v) is 2.53. The van der Waals surface area contributed by atoms with Gasteiger partial charge in [-0.2, -0.15) is 0 Å². The molecule has 0 aromatic rings. The summed E-state index contributed by atoms with van der Waals surface area (Å²) < 4.78 is 86.9. The summed E-state index contributed by atoms with van der Waals surface area (Å²) in [5.74, 6) is 0. The minimum absolute atomic E-state index is 0. The van der Waals surface area contributed by atoms with Crippen LogP contribution in [0.5, 0.6) is 0 Å². The summed E-state index contributed by atoms with van der Waals surface area (Å²) >= 11 is 0. The van der Waals surface area contributed by atoms with Crippen LogP contribution in [-0.4, -0.2) is 29.2 Å². The van der Waals surface area contributed by atoms with Crippen LogP contribution in [0.4, 0.5) is 34.5 Å². The summed E-state index contributed by atoms with van der Waals surface area (Å²) in [4.78, 5) is 21.6. The van der Waals surface area contributed by atoms with Crippen molar-refractivity contribution >= 4 is 22.3 Å². The third-order valence-electron chi connectivity index (χ3n) is 0. The second kappa shape index (κ2) is 9.32. The molecule has 4 nitrogen and oxygen atoms in total. The molecule has 0 rings (SSSR count). The van der Waals surface area contributed by atoms with E-state index in [1.807, 2.05) is 0 Å². The van der Waals surface area contributed by atoms with Gasteiger partial charge in [-0.15, -0.1) is 0 Å². The van der Waals surface area contributed by atoms with Gasteiger partial charge < -0.3 is 50.6 Å². The fourth-order valence-corrected chi connectivity index (χ4v) is 0. The molecule has 98 valence electrons. The van der Waals surface area contributed by atoms with Gasteiger partial charge in [-0.3, -0.25) is 0 Å². The van der Waals surface area contributed by atoms with Gasteiger partial charge >= 0.3 is 41.2 Å². The van der Waals surface area contributed by atoms with Gasteiger partial charge in [-0.25, -0.2) is 4.57 Å². The summed E-state index contributed by atoms with van der Waals surface area (Å²) in [5.41, 5.74) is 0. The first-order valence-corrected chi connectivity index (χ1v) is 4.09. The molecule has 0 spiro atoms. The van der Waals surface area contributed by atoms with Crippen LogP contribution in [0.25, 0.3) is 0 Å². The van der Waals surface area contributed by atoms with E-state index in [0.717, 1.165) is 0 Å². The van der Waals surface area contributed by atoms with Crippen LogP contribution in [0, 0.1) is 0 Å². The summed E-state index contributed by atoms with van der Waals surface area (Å²) in [6, 6.07) is 0. The SMILES string of the molecule is F[B-](F)(F)F.F[B-](F)(F)F.O=P(O)(O)O.[H-].[Li+]. The van der Waals surface area contributed by atoms with Crippen molar-refractivity contribution in [3.8, 4) is 0 Å². The molecule has 16 heavy (non-hydrogen) atoms. The molecule has 0 saturated carbocycles. The number of rotatable bonds is 0. The van der Waals surface area contributed by atoms with E-state index in [1.165, 1.54) is 0 Å². The Kier molecular flexibility index (Phi) is 14.7. The summed E-state index contributed by atoms with van der Waals surface area (Å²) in [6.07, 6.45) is 0. The van der Waals surface area contributed by atoms with Crippen LogP contribution in [0.3, 0.4) is 0 Å². The van der Waals surface area contributed by atoms with Crippen LogP contribution >= 0.6 is 7.82 Å². The van der Waals surface area contributed by atoms with Crippen LogP contribution in [0.2, 0.25) is 0 Å². The number of phosphoric acid groups is 1. The number of hydrogen-bond acceptors (Lipinski definition) is 1. The maximum absolute atomic E-state index is 9.75. The molecular formula is H4B2F8LiO4P-2. The molecule has 0 heterocycles. The van der Waals surface area contributed by atoms with E-state index < -0.39 is 22.3 Å². The molecule has 0 saturated heterocycles. The first-order valence-electron chi connectivity index (χ1n) is 2.53. The predicted molar refractivity (Wildman–Crippen MR) is 35.7 cm³/mol. The van der Waals surface area contributed by atoms with Gasteiger partial charge in [0.2, 0.25) is 0 Å². The molecule has 0 bridgehead atoms. The molecule has 16 heteroatoms. The Labute approximate surface area is 97.1 Å².